The quantitative estimate of drug-likeness (QED) is 0.624. The van der Waals surface area contributed by atoms with E-state index in [2.05, 4.69) is 4.90 Å². The average molecular weight is 197 g/mol. The Morgan fingerprint density at radius 1 is 1.43 bits per heavy atom. The van der Waals surface area contributed by atoms with E-state index >= 15 is 0 Å². The van der Waals surface area contributed by atoms with Gasteiger partial charge in [0.25, 0.3) is 0 Å². The Bertz CT molecular complexity index is 229. The van der Waals surface area contributed by atoms with E-state index in [1.54, 1.807) is 6.92 Å². The molecule has 0 radical (unpaired) electrons. The van der Waals surface area contributed by atoms with Crippen molar-refractivity contribution >= 4 is 5.91 Å². The van der Waals surface area contributed by atoms with Crippen LogP contribution in [0, 0.1) is 0 Å². The second-order valence-electron chi connectivity index (χ2n) is 4.40. The van der Waals surface area contributed by atoms with Crippen molar-refractivity contribution in [2.45, 2.75) is 31.8 Å². The van der Waals surface area contributed by atoms with E-state index in [1.165, 1.54) is 19.4 Å². The highest BCUT2D eigenvalue weighted by Gasteiger charge is 2.32. The van der Waals surface area contributed by atoms with E-state index in [4.69, 9.17) is 5.73 Å². The maximum atomic E-state index is 11.7. The van der Waals surface area contributed by atoms with Gasteiger partial charge < -0.3 is 10.6 Å². The Balaban J connectivity index is 1.94. The minimum Gasteiger partial charge on any atom is -0.339 e. The number of rotatable bonds is 1. The molecule has 2 saturated heterocycles. The SMILES string of the molecule is C[C@@H](N)C(=O)N1CCN2CCCC2C1. The molecule has 0 spiro atoms. The molecule has 0 aromatic rings. The van der Waals surface area contributed by atoms with Gasteiger partial charge in [0.15, 0.2) is 0 Å². The Labute approximate surface area is 85.0 Å². The number of amides is 1. The summed E-state index contributed by atoms with van der Waals surface area (Å²) in [7, 11) is 0. The third-order valence-corrected chi connectivity index (χ3v) is 3.29. The first-order valence-corrected chi connectivity index (χ1v) is 5.47. The molecular formula is C10H19N3O. The van der Waals surface area contributed by atoms with Crippen molar-refractivity contribution in [2.24, 2.45) is 5.73 Å². The molecule has 2 heterocycles. The summed E-state index contributed by atoms with van der Waals surface area (Å²) in [6.07, 6.45) is 2.52. The lowest BCUT2D eigenvalue weighted by atomic mass is 10.1. The summed E-state index contributed by atoms with van der Waals surface area (Å²) in [5, 5.41) is 0. The predicted octanol–water partition coefficient (Wildman–Crippen LogP) is -0.360. The summed E-state index contributed by atoms with van der Waals surface area (Å²) >= 11 is 0. The fourth-order valence-electron chi connectivity index (χ4n) is 2.48. The Hall–Kier alpha value is -0.610. The normalized spacial score (nSPS) is 30.1. The highest BCUT2D eigenvalue weighted by Crippen LogP contribution is 2.21. The molecule has 0 aromatic heterocycles. The van der Waals surface area contributed by atoms with Crippen molar-refractivity contribution in [1.29, 1.82) is 0 Å². The minimum absolute atomic E-state index is 0.108. The number of hydrogen-bond acceptors (Lipinski definition) is 3. The highest BCUT2D eigenvalue weighted by molar-refractivity contribution is 5.81. The van der Waals surface area contributed by atoms with Gasteiger partial charge in [-0.25, -0.2) is 0 Å². The van der Waals surface area contributed by atoms with Gasteiger partial charge in [-0.3, -0.25) is 9.69 Å². The van der Waals surface area contributed by atoms with Crippen LogP contribution in [0.25, 0.3) is 0 Å². The summed E-state index contributed by atoms with van der Waals surface area (Å²) in [6, 6.07) is 0.259. The van der Waals surface area contributed by atoms with Crippen LogP contribution in [-0.4, -0.2) is 54.0 Å². The van der Waals surface area contributed by atoms with Crippen molar-refractivity contribution in [3.05, 3.63) is 0 Å². The lowest BCUT2D eigenvalue weighted by Gasteiger charge is -2.38. The number of nitrogens with two attached hydrogens (primary N) is 1. The molecule has 4 heteroatoms. The lowest BCUT2D eigenvalue weighted by molar-refractivity contribution is -0.134. The molecule has 2 fully saturated rings. The van der Waals surface area contributed by atoms with E-state index < -0.39 is 0 Å². The molecule has 2 N–H and O–H groups in total. The zero-order valence-electron chi connectivity index (χ0n) is 8.78. The van der Waals surface area contributed by atoms with Gasteiger partial charge in [-0.2, -0.15) is 0 Å². The molecule has 2 atom stereocenters. The van der Waals surface area contributed by atoms with E-state index in [0.29, 0.717) is 6.04 Å². The summed E-state index contributed by atoms with van der Waals surface area (Å²) in [4.78, 5) is 16.1. The fraction of sp³-hybridized carbons (Fsp3) is 0.900. The summed E-state index contributed by atoms with van der Waals surface area (Å²) < 4.78 is 0. The zero-order chi connectivity index (χ0) is 10.1. The van der Waals surface area contributed by atoms with Crippen LogP contribution in [0.15, 0.2) is 0 Å². The second-order valence-corrected chi connectivity index (χ2v) is 4.40. The maximum Gasteiger partial charge on any atom is 0.239 e. The van der Waals surface area contributed by atoms with Gasteiger partial charge >= 0.3 is 0 Å². The first-order valence-electron chi connectivity index (χ1n) is 5.47. The molecule has 2 rings (SSSR count). The molecule has 1 unspecified atom stereocenters. The van der Waals surface area contributed by atoms with Crippen LogP contribution in [0.2, 0.25) is 0 Å². The van der Waals surface area contributed by atoms with Crippen molar-refractivity contribution in [3.63, 3.8) is 0 Å². The Kier molecular flexibility index (Phi) is 2.74. The van der Waals surface area contributed by atoms with Crippen molar-refractivity contribution in [1.82, 2.24) is 9.80 Å². The monoisotopic (exact) mass is 197 g/mol. The second kappa shape index (κ2) is 3.87. The number of piperazine rings is 1. The van der Waals surface area contributed by atoms with Crippen molar-refractivity contribution in [2.75, 3.05) is 26.2 Å². The van der Waals surface area contributed by atoms with E-state index in [-0.39, 0.29) is 11.9 Å². The minimum atomic E-state index is -0.344. The van der Waals surface area contributed by atoms with Crippen molar-refractivity contribution in [3.8, 4) is 0 Å². The van der Waals surface area contributed by atoms with E-state index in [9.17, 15) is 4.79 Å². The van der Waals surface area contributed by atoms with Crippen LogP contribution < -0.4 is 5.73 Å². The molecule has 2 aliphatic rings. The molecular weight excluding hydrogens is 178 g/mol. The van der Waals surface area contributed by atoms with Gasteiger partial charge in [0.05, 0.1) is 6.04 Å². The molecule has 80 valence electrons. The topological polar surface area (TPSA) is 49.6 Å². The molecule has 0 aliphatic carbocycles. The third kappa shape index (κ3) is 1.77. The predicted molar refractivity (Wildman–Crippen MR) is 54.8 cm³/mol. The van der Waals surface area contributed by atoms with Crippen LogP contribution >= 0.6 is 0 Å². The molecule has 1 amide bonds. The first-order chi connectivity index (χ1) is 6.68. The molecule has 0 saturated carbocycles. The van der Waals surface area contributed by atoms with Gasteiger partial charge in [-0.05, 0) is 26.3 Å². The van der Waals surface area contributed by atoms with Gasteiger partial charge in [0.2, 0.25) is 5.91 Å². The average Bonchev–Trinajstić information content (AvgIpc) is 2.62. The van der Waals surface area contributed by atoms with E-state index in [0.717, 1.165) is 19.6 Å². The van der Waals surface area contributed by atoms with Gasteiger partial charge in [0, 0.05) is 25.7 Å². The molecule has 2 aliphatic heterocycles. The van der Waals surface area contributed by atoms with Crippen LogP contribution in [0.3, 0.4) is 0 Å². The standard InChI is InChI=1S/C10H19N3O/c1-8(11)10(14)13-6-5-12-4-2-3-9(12)7-13/h8-9H,2-7,11H2,1H3/t8-,9?/m1/s1. The number of hydrogen-bond donors (Lipinski definition) is 1. The molecule has 4 nitrogen and oxygen atoms in total. The Morgan fingerprint density at radius 2 is 2.21 bits per heavy atom. The fourth-order valence-corrected chi connectivity index (χ4v) is 2.48. The summed E-state index contributed by atoms with van der Waals surface area (Å²) in [5.74, 6) is 0.108. The number of carbonyl (C=O) groups excluding carboxylic acids is 1. The molecule has 14 heavy (non-hydrogen) atoms. The Morgan fingerprint density at radius 3 is 2.93 bits per heavy atom. The summed E-state index contributed by atoms with van der Waals surface area (Å²) in [5.41, 5.74) is 5.60. The number of carbonyl (C=O) groups is 1. The van der Waals surface area contributed by atoms with Gasteiger partial charge in [-0.1, -0.05) is 0 Å². The van der Waals surface area contributed by atoms with Crippen molar-refractivity contribution < 1.29 is 4.79 Å². The molecule has 0 bridgehead atoms. The molecule has 0 aromatic carbocycles. The van der Waals surface area contributed by atoms with E-state index in [1.807, 2.05) is 4.90 Å². The van der Waals surface area contributed by atoms with Gasteiger partial charge in [0.1, 0.15) is 0 Å². The maximum absolute atomic E-state index is 11.7. The number of fused-ring (bicyclic) bond motifs is 1. The summed E-state index contributed by atoms with van der Waals surface area (Å²) in [6.45, 7) is 5.76. The lowest BCUT2D eigenvalue weighted by Crippen LogP contribution is -2.55. The first kappa shape index (κ1) is 9.93. The third-order valence-electron chi connectivity index (χ3n) is 3.29. The smallest absolute Gasteiger partial charge is 0.239 e. The van der Waals surface area contributed by atoms with Crippen LogP contribution in [0.5, 0.6) is 0 Å². The van der Waals surface area contributed by atoms with Crippen LogP contribution in [0.4, 0.5) is 0 Å². The van der Waals surface area contributed by atoms with Crippen LogP contribution in [-0.2, 0) is 4.79 Å². The highest BCUT2D eigenvalue weighted by atomic mass is 16.2. The largest absolute Gasteiger partial charge is 0.339 e. The zero-order valence-corrected chi connectivity index (χ0v) is 8.78. The van der Waals surface area contributed by atoms with Gasteiger partial charge in [-0.15, -0.1) is 0 Å². The number of nitrogens with zero attached hydrogens (tertiary/aromatic N) is 2. The van der Waals surface area contributed by atoms with Crippen LogP contribution in [0.1, 0.15) is 19.8 Å².